The second kappa shape index (κ2) is 5.92. The van der Waals surface area contributed by atoms with Gasteiger partial charge < -0.3 is 10.8 Å². The summed E-state index contributed by atoms with van der Waals surface area (Å²) in [5.74, 6) is -4.69. The number of rotatable bonds is 6. The van der Waals surface area contributed by atoms with E-state index in [0.717, 1.165) is 13.0 Å². The van der Waals surface area contributed by atoms with Crippen LogP contribution in [0.25, 0.3) is 0 Å². The number of aliphatic hydroxyl groups is 1. The summed E-state index contributed by atoms with van der Waals surface area (Å²) < 4.78 is 42.6. The van der Waals surface area contributed by atoms with E-state index in [4.69, 9.17) is 5.73 Å². The number of hydrogen-bond acceptors (Lipinski definition) is 2. The summed E-state index contributed by atoms with van der Waals surface area (Å²) in [6, 6.07) is 3.68. The molecular weight excluding hydrogens is 255 g/mol. The Hall–Kier alpha value is -1.07. The molecule has 0 fully saturated rings. The van der Waals surface area contributed by atoms with Crippen LogP contribution in [0.4, 0.5) is 13.2 Å². The van der Waals surface area contributed by atoms with Gasteiger partial charge in [-0.05, 0) is 19.4 Å². The van der Waals surface area contributed by atoms with Gasteiger partial charge >= 0.3 is 5.92 Å². The first-order valence-corrected chi connectivity index (χ1v) is 6.36. The normalized spacial score (nSPS) is 15.3. The van der Waals surface area contributed by atoms with Gasteiger partial charge in [-0.3, -0.25) is 0 Å². The fourth-order valence-corrected chi connectivity index (χ4v) is 1.95. The van der Waals surface area contributed by atoms with Gasteiger partial charge in [0.2, 0.25) is 0 Å². The Balaban J connectivity index is 3.19. The summed E-state index contributed by atoms with van der Waals surface area (Å²) in [5.41, 5.74) is 2.25. The monoisotopic (exact) mass is 275 g/mol. The lowest BCUT2D eigenvalue weighted by Gasteiger charge is -2.33. The summed E-state index contributed by atoms with van der Waals surface area (Å²) in [4.78, 5) is 0. The highest BCUT2D eigenvalue weighted by Gasteiger charge is 2.51. The molecule has 2 nitrogen and oxygen atoms in total. The molecule has 0 radical (unpaired) electrons. The fourth-order valence-electron chi connectivity index (χ4n) is 1.95. The van der Waals surface area contributed by atoms with Gasteiger partial charge in [0, 0.05) is 12.1 Å². The van der Waals surface area contributed by atoms with E-state index >= 15 is 0 Å². The van der Waals surface area contributed by atoms with Gasteiger partial charge in [-0.25, -0.2) is 4.39 Å². The zero-order valence-corrected chi connectivity index (χ0v) is 11.2. The highest BCUT2D eigenvalue weighted by molar-refractivity contribution is 5.31. The smallest absolute Gasteiger partial charge is 0.303 e. The van der Waals surface area contributed by atoms with Gasteiger partial charge in [0.25, 0.3) is 0 Å². The summed E-state index contributed by atoms with van der Waals surface area (Å²) in [7, 11) is 0. The van der Waals surface area contributed by atoms with Crippen molar-refractivity contribution in [3.63, 3.8) is 0 Å². The van der Waals surface area contributed by atoms with E-state index in [0.29, 0.717) is 12.8 Å². The molecule has 0 aliphatic carbocycles. The minimum atomic E-state index is -3.66. The zero-order valence-electron chi connectivity index (χ0n) is 11.2. The molecule has 0 spiro atoms. The molecule has 1 atom stereocenters. The molecule has 0 bridgehead atoms. The van der Waals surface area contributed by atoms with Gasteiger partial charge in [-0.2, -0.15) is 8.78 Å². The third kappa shape index (κ3) is 3.09. The standard InChI is InChI=1S/C14H20F3NO/c1-3-4-8-13(2,19)14(16,17)11-7-5-6-10(9-18)12(11)15/h5-7,19H,3-4,8-9,18H2,1-2H3. The minimum Gasteiger partial charge on any atom is -0.384 e. The van der Waals surface area contributed by atoms with E-state index in [-0.39, 0.29) is 18.5 Å². The molecule has 1 rings (SSSR count). The molecule has 108 valence electrons. The summed E-state index contributed by atoms with van der Waals surface area (Å²) in [6.07, 6.45) is 1.03. The van der Waals surface area contributed by atoms with Gasteiger partial charge in [-0.15, -0.1) is 0 Å². The van der Waals surface area contributed by atoms with Crippen molar-refractivity contribution in [3.8, 4) is 0 Å². The van der Waals surface area contributed by atoms with Crippen molar-refractivity contribution in [1.29, 1.82) is 0 Å². The highest BCUT2D eigenvalue weighted by Crippen LogP contribution is 2.43. The Morgan fingerprint density at radius 2 is 1.95 bits per heavy atom. The summed E-state index contributed by atoms with van der Waals surface area (Å²) in [5, 5.41) is 9.97. The molecule has 0 heterocycles. The van der Waals surface area contributed by atoms with Crippen LogP contribution in [0.3, 0.4) is 0 Å². The molecular formula is C14H20F3NO. The second-order valence-electron chi connectivity index (χ2n) is 4.93. The highest BCUT2D eigenvalue weighted by atomic mass is 19.3. The maximum Gasteiger partial charge on any atom is 0.303 e. The Morgan fingerprint density at radius 3 is 2.47 bits per heavy atom. The van der Waals surface area contributed by atoms with Crippen LogP contribution in [0.5, 0.6) is 0 Å². The molecule has 3 N–H and O–H groups in total. The summed E-state index contributed by atoms with van der Waals surface area (Å²) in [6.45, 7) is 2.72. The minimum absolute atomic E-state index is 0.0171. The van der Waals surface area contributed by atoms with E-state index < -0.39 is 22.9 Å². The number of benzene rings is 1. The molecule has 0 aromatic heterocycles. The van der Waals surface area contributed by atoms with Crippen molar-refractivity contribution in [2.24, 2.45) is 5.73 Å². The molecule has 5 heteroatoms. The Kier molecular flexibility index (Phi) is 4.98. The predicted molar refractivity (Wildman–Crippen MR) is 68.3 cm³/mol. The molecule has 19 heavy (non-hydrogen) atoms. The van der Waals surface area contributed by atoms with Crippen LogP contribution in [-0.4, -0.2) is 10.7 Å². The first kappa shape index (κ1) is 16.0. The molecule has 0 aliphatic heterocycles. The van der Waals surface area contributed by atoms with Crippen LogP contribution in [-0.2, 0) is 12.5 Å². The predicted octanol–water partition coefficient (Wildman–Crippen LogP) is 3.32. The van der Waals surface area contributed by atoms with E-state index in [1.54, 1.807) is 0 Å². The van der Waals surface area contributed by atoms with Crippen LogP contribution in [0.15, 0.2) is 18.2 Å². The van der Waals surface area contributed by atoms with Gasteiger partial charge in [0.05, 0.1) is 5.56 Å². The van der Waals surface area contributed by atoms with Crippen molar-refractivity contribution < 1.29 is 18.3 Å². The number of halogens is 3. The average Bonchev–Trinajstić information content (AvgIpc) is 2.36. The Bertz CT molecular complexity index is 433. The van der Waals surface area contributed by atoms with Crippen molar-refractivity contribution >= 4 is 0 Å². The quantitative estimate of drug-likeness (QED) is 0.836. The van der Waals surface area contributed by atoms with Crippen molar-refractivity contribution in [3.05, 3.63) is 35.1 Å². The van der Waals surface area contributed by atoms with Crippen LogP contribution < -0.4 is 5.73 Å². The lowest BCUT2D eigenvalue weighted by Crippen LogP contribution is -2.44. The van der Waals surface area contributed by atoms with E-state index in [2.05, 4.69) is 0 Å². The van der Waals surface area contributed by atoms with Crippen molar-refractivity contribution in [2.75, 3.05) is 0 Å². The van der Waals surface area contributed by atoms with Crippen molar-refractivity contribution in [1.82, 2.24) is 0 Å². The van der Waals surface area contributed by atoms with Gasteiger partial charge in [0.1, 0.15) is 11.4 Å². The third-order valence-corrected chi connectivity index (χ3v) is 3.33. The topological polar surface area (TPSA) is 46.2 Å². The molecule has 1 unspecified atom stereocenters. The second-order valence-corrected chi connectivity index (χ2v) is 4.93. The number of alkyl halides is 2. The number of unbranched alkanes of at least 4 members (excludes halogenated alkanes) is 1. The van der Waals surface area contributed by atoms with Crippen LogP contribution >= 0.6 is 0 Å². The molecule has 0 amide bonds. The maximum absolute atomic E-state index is 14.3. The Labute approximate surface area is 111 Å². The lowest BCUT2D eigenvalue weighted by atomic mass is 9.86. The van der Waals surface area contributed by atoms with Crippen molar-refractivity contribution in [2.45, 2.75) is 51.2 Å². The molecule has 0 saturated carbocycles. The molecule has 1 aromatic carbocycles. The first-order valence-electron chi connectivity index (χ1n) is 6.36. The molecule has 1 aromatic rings. The SMILES string of the molecule is CCCCC(C)(O)C(F)(F)c1cccc(CN)c1F. The number of hydrogen-bond donors (Lipinski definition) is 2. The molecule has 0 aliphatic rings. The number of nitrogens with two attached hydrogens (primary N) is 1. The average molecular weight is 275 g/mol. The van der Waals surface area contributed by atoms with E-state index in [1.807, 2.05) is 6.92 Å². The van der Waals surface area contributed by atoms with E-state index in [1.165, 1.54) is 12.1 Å². The van der Waals surface area contributed by atoms with Gasteiger partial charge in [-0.1, -0.05) is 31.9 Å². The fraction of sp³-hybridized carbons (Fsp3) is 0.571. The van der Waals surface area contributed by atoms with Crippen LogP contribution in [0.1, 0.15) is 44.2 Å². The largest absolute Gasteiger partial charge is 0.384 e. The molecule has 0 saturated heterocycles. The van der Waals surface area contributed by atoms with Gasteiger partial charge in [0.15, 0.2) is 0 Å². The summed E-state index contributed by atoms with van der Waals surface area (Å²) >= 11 is 0. The first-order chi connectivity index (χ1) is 8.78. The van der Waals surface area contributed by atoms with Crippen LogP contribution in [0, 0.1) is 5.82 Å². The lowest BCUT2D eigenvalue weighted by molar-refractivity contribution is -0.184. The van der Waals surface area contributed by atoms with E-state index in [9.17, 15) is 18.3 Å². The van der Waals surface area contributed by atoms with Crippen LogP contribution in [0.2, 0.25) is 0 Å². The Morgan fingerprint density at radius 1 is 1.32 bits per heavy atom. The maximum atomic E-state index is 14.3. The third-order valence-electron chi connectivity index (χ3n) is 3.33. The zero-order chi connectivity index (χ0) is 14.7.